The lowest BCUT2D eigenvalue weighted by atomic mass is 9.88. The molecule has 1 fully saturated rings. The SMILES string of the molecule is CC(C)[C@H](CC(=O)CCCCCN1C(=O)C=CC1=O)C(=O)N[C@@H](CCCNC(N)=O)C(=O)Cc1ccc(COC(=O)CC2CCN(C)CC2)cc1. The van der Waals surface area contributed by atoms with Crippen LogP contribution in [0.3, 0.4) is 0 Å². The van der Waals surface area contributed by atoms with Crippen molar-refractivity contribution in [1.29, 1.82) is 0 Å². The number of likely N-dealkylation sites (tertiary alicyclic amines) is 1. The van der Waals surface area contributed by atoms with Crippen molar-refractivity contribution in [3.05, 3.63) is 47.5 Å². The Balaban J connectivity index is 1.50. The number of esters is 1. The first-order valence-electron chi connectivity index (χ1n) is 18.2. The van der Waals surface area contributed by atoms with Crippen LogP contribution in [0.4, 0.5) is 4.79 Å². The molecule has 2 atom stereocenters. The third-order valence-electron chi connectivity index (χ3n) is 9.60. The maximum Gasteiger partial charge on any atom is 0.312 e. The molecule has 3 rings (SSSR count). The number of carbonyl (C=O) groups excluding carboxylic acids is 7. The molecular formula is C38H55N5O8. The first-order chi connectivity index (χ1) is 24.3. The number of hydrogen-bond acceptors (Lipinski definition) is 9. The molecule has 0 aliphatic carbocycles. The highest BCUT2D eigenvalue weighted by Gasteiger charge is 2.29. The second-order valence-electron chi connectivity index (χ2n) is 14.1. The number of ether oxygens (including phenoxy) is 1. The van der Waals surface area contributed by atoms with E-state index in [-0.39, 0.29) is 80.0 Å². The summed E-state index contributed by atoms with van der Waals surface area (Å²) in [5.74, 6) is -1.97. The predicted molar refractivity (Wildman–Crippen MR) is 191 cm³/mol. The summed E-state index contributed by atoms with van der Waals surface area (Å²) < 4.78 is 5.50. The average molecular weight is 710 g/mol. The van der Waals surface area contributed by atoms with Gasteiger partial charge in [0.1, 0.15) is 12.4 Å². The summed E-state index contributed by atoms with van der Waals surface area (Å²) in [6.45, 7) is 6.38. The number of benzene rings is 1. The lowest BCUT2D eigenvalue weighted by Crippen LogP contribution is -2.46. The van der Waals surface area contributed by atoms with Crippen molar-refractivity contribution in [2.24, 2.45) is 23.5 Å². The molecule has 0 spiro atoms. The standard InChI is InChI=1S/C38H55N5O8/c1-26(2)31(24-30(44)8-5-4-6-19-43-34(46)14-15-35(43)47)37(49)41-32(9-7-18-40-38(39)50)33(45)22-27-10-12-29(13-11-27)25-51-36(48)23-28-16-20-42(3)21-17-28/h10-15,26,28,31-32H,4-9,16-25H2,1-3H3,(H,41,49)(H3,39,40,50)/t31-,32-/m0/s1. The van der Waals surface area contributed by atoms with Crippen molar-refractivity contribution in [3.63, 3.8) is 0 Å². The number of piperidine rings is 1. The number of urea groups is 1. The fourth-order valence-electron chi connectivity index (χ4n) is 6.31. The lowest BCUT2D eigenvalue weighted by molar-refractivity contribution is -0.146. The fourth-order valence-corrected chi connectivity index (χ4v) is 6.31. The molecule has 280 valence electrons. The zero-order valence-electron chi connectivity index (χ0n) is 30.3. The molecule has 1 saturated heterocycles. The summed E-state index contributed by atoms with van der Waals surface area (Å²) in [5, 5.41) is 5.39. The number of hydrogen-bond donors (Lipinski definition) is 3. The van der Waals surface area contributed by atoms with Crippen LogP contribution in [-0.2, 0) is 46.5 Å². The molecule has 0 unspecified atom stereocenters. The summed E-state index contributed by atoms with van der Waals surface area (Å²) in [5.41, 5.74) is 6.73. The van der Waals surface area contributed by atoms with Gasteiger partial charge in [-0.25, -0.2) is 4.79 Å². The molecule has 13 heteroatoms. The molecule has 13 nitrogen and oxygen atoms in total. The minimum Gasteiger partial charge on any atom is -0.461 e. The van der Waals surface area contributed by atoms with Crippen molar-refractivity contribution >= 4 is 41.3 Å². The second kappa shape index (κ2) is 21.1. The van der Waals surface area contributed by atoms with Gasteiger partial charge in [0, 0.05) is 56.8 Å². The quantitative estimate of drug-likeness (QED) is 0.0924. The topological polar surface area (TPSA) is 185 Å². The van der Waals surface area contributed by atoms with Crippen molar-refractivity contribution in [2.45, 2.75) is 97.1 Å². The van der Waals surface area contributed by atoms with Crippen molar-refractivity contribution in [2.75, 3.05) is 33.2 Å². The summed E-state index contributed by atoms with van der Waals surface area (Å²) in [6.07, 6.45) is 7.73. The van der Waals surface area contributed by atoms with E-state index in [1.807, 2.05) is 26.0 Å². The van der Waals surface area contributed by atoms with Crippen molar-refractivity contribution in [3.8, 4) is 0 Å². The number of carbonyl (C=O) groups is 7. The van der Waals surface area contributed by atoms with Gasteiger partial charge >= 0.3 is 12.0 Å². The highest BCUT2D eigenvalue weighted by atomic mass is 16.5. The van der Waals surface area contributed by atoms with Crippen LogP contribution in [0, 0.1) is 17.8 Å². The van der Waals surface area contributed by atoms with E-state index in [1.54, 1.807) is 12.1 Å². The van der Waals surface area contributed by atoms with E-state index in [0.717, 1.165) is 37.1 Å². The number of nitrogens with one attached hydrogen (secondary N) is 2. The predicted octanol–water partition coefficient (Wildman–Crippen LogP) is 3.22. The highest BCUT2D eigenvalue weighted by Crippen LogP contribution is 2.21. The third-order valence-corrected chi connectivity index (χ3v) is 9.60. The number of unbranched alkanes of at least 4 members (excludes halogenated alkanes) is 2. The summed E-state index contributed by atoms with van der Waals surface area (Å²) in [7, 11) is 2.08. The molecule has 2 aliphatic rings. The largest absolute Gasteiger partial charge is 0.461 e. The summed E-state index contributed by atoms with van der Waals surface area (Å²) in [6, 6.07) is 5.73. The van der Waals surface area contributed by atoms with Gasteiger partial charge in [0.25, 0.3) is 11.8 Å². The Hall–Kier alpha value is -4.39. The number of primary amides is 1. The molecule has 0 saturated carbocycles. The molecule has 5 amide bonds. The number of imide groups is 1. The van der Waals surface area contributed by atoms with Gasteiger partial charge in [-0.05, 0) is 81.6 Å². The van der Waals surface area contributed by atoms with Gasteiger partial charge in [-0.15, -0.1) is 0 Å². The molecule has 0 radical (unpaired) electrons. The minimum atomic E-state index is -0.839. The molecule has 0 bridgehead atoms. The van der Waals surface area contributed by atoms with Gasteiger partial charge in [0.05, 0.1) is 6.04 Å². The highest BCUT2D eigenvalue weighted by molar-refractivity contribution is 6.12. The molecular weight excluding hydrogens is 654 g/mol. The van der Waals surface area contributed by atoms with Crippen molar-refractivity contribution < 1.29 is 38.3 Å². The number of amides is 5. The molecule has 1 aromatic carbocycles. The lowest BCUT2D eigenvalue weighted by Gasteiger charge is -2.28. The maximum absolute atomic E-state index is 13.5. The Morgan fingerprint density at radius 3 is 2.20 bits per heavy atom. The Morgan fingerprint density at radius 1 is 0.922 bits per heavy atom. The number of rotatable bonds is 22. The second-order valence-corrected chi connectivity index (χ2v) is 14.1. The van der Waals surface area contributed by atoms with Gasteiger partial charge < -0.3 is 26.0 Å². The monoisotopic (exact) mass is 709 g/mol. The Morgan fingerprint density at radius 2 is 1.57 bits per heavy atom. The third kappa shape index (κ3) is 14.8. The van der Waals surface area contributed by atoms with Crippen LogP contribution < -0.4 is 16.4 Å². The van der Waals surface area contributed by atoms with Gasteiger partial charge in [0.15, 0.2) is 5.78 Å². The van der Waals surface area contributed by atoms with Crippen LogP contribution in [0.25, 0.3) is 0 Å². The van der Waals surface area contributed by atoms with Crippen LogP contribution in [0.1, 0.15) is 89.2 Å². The zero-order chi connectivity index (χ0) is 37.3. The van der Waals surface area contributed by atoms with E-state index in [4.69, 9.17) is 10.5 Å². The van der Waals surface area contributed by atoms with E-state index in [1.165, 1.54) is 17.1 Å². The summed E-state index contributed by atoms with van der Waals surface area (Å²) in [4.78, 5) is 90.3. The Kier molecular flexibility index (Phi) is 17.0. The van der Waals surface area contributed by atoms with E-state index in [0.29, 0.717) is 44.6 Å². The first-order valence-corrected chi connectivity index (χ1v) is 18.2. The van der Waals surface area contributed by atoms with Gasteiger partial charge in [0.2, 0.25) is 5.91 Å². The van der Waals surface area contributed by atoms with E-state index >= 15 is 0 Å². The van der Waals surface area contributed by atoms with Gasteiger partial charge in [-0.1, -0.05) is 44.5 Å². The number of Topliss-reactive ketones (excluding diaryl/α,β-unsaturated/α-hetero) is 2. The minimum absolute atomic E-state index is 0.0324. The fraction of sp³-hybridized carbons (Fsp3) is 0.605. The molecule has 1 aromatic rings. The van der Waals surface area contributed by atoms with Crippen LogP contribution >= 0.6 is 0 Å². The Bertz CT molecular complexity index is 1380. The number of nitrogens with two attached hydrogens (primary N) is 1. The molecule has 2 heterocycles. The van der Waals surface area contributed by atoms with E-state index in [2.05, 4.69) is 22.6 Å². The van der Waals surface area contributed by atoms with E-state index < -0.39 is 18.0 Å². The Labute approximate surface area is 301 Å². The van der Waals surface area contributed by atoms with Gasteiger partial charge in [-0.2, -0.15) is 0 Å². The molecule has 2 aliphatic heterocycles. The maximum atomic E-state index is 13.5. The van der Waals surface area contributed by atoms with E-state index in [9.17, 15) is 33.6 Å². The first kappa shape index (κ1) is 41.0. The normalized spacial score (nSPS) is 16.3. The number of nitrogens with zero attached hydrogens (tertiary/aromatic N) is 2. The zero-order valence-corrected chi connectivity index (χ0v) is 30.3. The summed E-state index contributed by atoms with van der Waals surface area (Å²) >= 11 is 0. The molecule has 51 heavy (non-hydrogen) atoms. The average Bonchev–Trinajstić information content (AvgIpc) is 3.41. The van der Waals surface area contributed by atoms with Crippen LogP contribution in [0.2, 0.25) is 0 Å². The van der Waals surface area contributed by atoms with Crippen LogP contribution in [-0.4, -0.2) is 90.4 Å². The van der Waals surface area contributed by atoms with Crippen LogP contribution in [0.15, 0.2) is 36.4 Å². The number of ketones is 2. The molecule has 4 N–H and O–H groups in total. The van der Waals surface area contributed by atoms with Gasteiger partial charge in [-0.3, -0.25) is 33.7 Å². The smallest absolute Gasteiger partial charge is 0.312 e. The molecule has 0 aromatic heterocycles. The van der Waals surface area contributed by atoms with Crippen LogP contribution in [0.5, 0.6) is 0 Å². The van der Waals surface area contributed by atoms with Crippen molar-refractivity contribution in [1.82, 2.24) is 20.4 Å².